The van der Waals surface area contributed by atoms with Gasteiger partial charge in [-0.1, -0.05) is 12.8 Å². The highest BCUT2D eigenvalue weighted by Gasteiger charge is 2.44. The van der Waals surface area contributed by atoms with Gasteiger partial charge in [-0.3, -0.25) is 9.59 Å². The molecule has 1 saturated carbocycles. The van der Waals surface area contributed by atoms with Crippen molar-refractivity contribution in [2.75, 3.05) is 0 Å². The molecule has 1 aliphatic carbocycles. The molecule has 0 amide bonds. The van der Waals surface area contributed by atoms with Gasteiger partial charge in [-0.2, -0.15) is 0 Å². The summed E-state index contributed by atoms with van der Waals surface area (Å²) in [6.07, 6.45) is 3.80. The van der Waals surface area contributed by atoms with E-state index in [2.05, 4.69) is 4.74 Å². The molecule has 12 heavy (non-hydrogen) atoms. The summed E-state index contributed by atoms with van der Waals surface area (Å²) in [4.78, 5) is 22.0. The third-order valence-corrected chi connectivity index (χ3v) is 2.57. The van der Waals surface area contributed by atoms with E-state index in [0.717, 1.165) is 25.7 Å². The van der Waals surface area contributed by atoms with E-state index in [1.165, 1.54) is 0 Å². The van der Waals surface area contributed by atoms with Crippen molar-refractivity contribution < 1.29 is 19.8 Å². The Balaban J connectivity index is 0.000000720. The van der Waals surface area contributed by atoms with Crippen LogP contribution in [0.25, 0.3) is 0 Å². The van der Waals surface area contributed by atoms with Gasteiger partial charge in [0.05, 0.1) is 11.8 Å². The van der Waals surface area contributed by atoms with E-state index in [1.54, 1.807) is 0 Å². The fraction of sp³-hybridized carbons (Fsp3) is 0.750. The minimum absolute atomic E-state index is 0. The molecule has 68 valence electrons. The van der Waals surface area contributed by atoms with Gasteiger partial charge in [0, 0.05) is 0 Å². The zero-order chi connectivity index (χ0) is 7.84. The average molecular weight is 172 g/mol. The van der Waals surface area contributed by atoms with Crippen LogP contribution in [-0.2, 0) is 14.3 Å². The Hall–Kier alpha value is -0.900. The van der Waals surface area contributed by atoms with Gasteiger partial charge in [-0.05, 0) is 12.8 Å². The molecule has 0 aromatic heterocycles. The van der Waals surface area contributed by atoms with Crippen molar-refractivity contribution in [3.63, 3.8) is 0 Å². The second-order valence-electron chi connectivity index (χ2n) is 3.24. The summed E-state index contributed by atoms with van der Waals surface area (Å²) in [6, 6.07) is 0. The van der Waals surface area contributed by atoms with Crippen molar-refractivity contribution in [2.45, 2.75) is 25.7 Å². The third-order valence-electron chi connectivity index (χ3n) is 2.57. The lowest BCUT2D eigenvalue weighted by Gasteiger charge is -2.18. The van der Waals surface area contributed by atoms with Crippen LogP contribution in [0.4, 0.5) is 0 Å². The first-order valence-corrected chi connectivity index (χ1v) is 4.04. The number of esters is 2. The third kappa shape index (κ3) is 1.22. The van der Waals surface area contributed by atoms with Crippen LogP contribution in [0.2, 0.25) is 0 Å². The predicted octanol–water partition coefficient (Wildman–Crippen LogP) is 0.0515. The number of cyclic esters (lactones) is 2. The van der Waals surface area contributed by atoms with E-state index in [0.29, 0.717) is 0 Å². The van der Waals surface area contributed by atoms with Gasteiger partial charge in [0.15, 0.2) is 0 Å². The van der Waals surface area contributed by atoms with E-state index in [4.69, 9.17) is 0 Å². The number of hydrogen-bond acceptors (Lipinski definition) is 3. The summed E-state index contributed by atoms with van der Waals surface area (Å²) in [5.41, 5.74) is 0. The highest BCUT2D eigenvalue weighted by molar-refractivity contribution is 5.96. The lowest BCUT2D eigenvalue weighted by molar-refractivity contribution is -0.153. The lowest BCUT2D eigenvalue weighted by Crippen LogP contribution is -2.21. The number of rotatable bonds is 0. The summed E-state index contributed by atoms with van der Waals surface area (Å²) in [5, 5.41) is 0. The van der Waals surface area contributed by atoms with Crippen LogP contribution in [0.5, 0.6) is 0 Å². The second kappa shape index (κ2) is 3.23. The molecule has 1 heterocycles. The van der Waals surface area contributed by atoms with Crippen molar-refractivity contribution in [1.29, 1.82) is 0 Å². The minimum Gasteiger partial charge on any atom is -0.412 e. The molecule has 2 fully saturated rings. The second-order valence-corrected chi connectivity index (χ2v) is 3.24. The topological polar surface area (TPSA) is 74.9 Å². The summed E-state index contributed by atoms with van der Waals surface area (Å²) in [5.74, 6) is -0.785. The van der Waals surface area contributed by atoms with Crippen LogP contribution >= 0.6 is 0 Å². The molecule has 0 spiro atoms. The maximum atomic E-state index is 11.0. The van der Waals surface area contributed by atoms with Gasteiger partial charge in [-0.25, -0.2) is 0 Å². The first kappa shape index (κ1) is 9.19. The predicted molar refractivity (Wildman–Crippen MR) is 40.2 cm³/mol. The van der Waals surface area contributed by atoms with Gasteiger partial charge in [0.1, 0.15) is 0 Å². The molecule has 2 N–H and O–H groups in total. The first-order chi connectivity index (χ1) is 5.29. The Kier molecular flexibility index (Phi) is 2.47. The molecule has 0 aromatic carbocycles. The zero-order valence-electron chi connectivity index (χ0n) is 6.71. The van der Waals surface area contributed by atoms with E-state index in [9.17, 15) is 9.59 Å². The number of carbonyl (C=O) groups is 2. The number of carbonyl (C=O) groups excluding carboxylic acids is 2. The molecule has 2 atom stereocenters. The molecule has 0 unspecified atom stereocenters. The van der Waals surface area contributed by atoms with Crippen molar-refractivity contribution in [2.24, 2.45) is 11.8 Å². The summed E-state index contributed by atoms with van der Waals surface area (Å²) >= 11 is 0. The number of fused-ring (bicyclic) bond motifs is 1. The van der Waals surface area contributed by atoms with E-state index < -0.39 is 0 Å². The normalized spacial score (nSPS) is 33.7. The monoisotopic (exact) mass is 172 g/mol. The molecule has 4 nitrogen and oxygen atoms in total. The van der Waals surface area contributed by atoms with Gasteiger partial charge in [-0.15, -0.1) is 0 Å². The minimum atomic E-state index is -0.292. The molecular weight excluding hydrogens is 160 g/mol. The Morgan fingerprint density at radius 1 is 1.00 bits per heavy atom. The van der Waals surface area contributed by atoms with Crippen LogP contribution < -0.4 is 0 Å². The van der Waals surface area contributed by atoms with Gasteiger partial charge >= 0.3 is 11.9 Å². The van der Waals surface area contributed by atoms with Gasteiger partial charge < -0.3 is 10.2 Å². The Bertz CT molecular complexity index is 189. The molecule has 0 radical (unpaired) electrons. The SMILES string of the molecule is O.O=C1OC(=O)[C@@H]2CCCC[C@H]12. The zero-order valence-corrected chi connectivity index (χ0v) is 6.71. The maximum Gasteiger partial charge on any atom is 0.317 e. The fourth-order valence-corrected chi connectivity index (χ4v) is 1.95. The van der Waals surface area contributed by atoms with E-state index in [-0.39, 0.29) is 29.3 Å². The number of hydrogen-bond donors (Lipinski definition) is 0. The summed E-state index contributed by atoms with van der Waals surface area (Å²) in [6.45, 7) is 0. The first-order valence-electron chi connectivity index (χ1n) is 4.04. The van der Waals surface area contributed by atoms with Crippen molar-refractivity contribution >= 4 is 11.9 Å². The largest absolute Gasteiger partial charge is 0.412 e. The summed E-state index contributed by atoms with van der Waals surface area (Å²) in [7, 11) is 0. The van der Waals surface area contributed by atoms with Crippen LogP contribution in [0.15, 0.2) is 0 Å². The lowest BCUT2D eigenvalue weighted by atomic mass is 9.81. The molecule has 4 heteroatoms. The van der Waals surface area contributed by atoms with E-state index in [1.807, 2.05) is 0 Å². The fourth-order valence-electron chi connectivity index (χ4n) is 1.95. The Morgan fingerprint density at radius 2 is 1.42 bits per heavy atom. The van der Waals surface area contributed by atoms with Crippen molar-refractivity contribution in [1.82, 2.24) is 0 Å². The van der Waals surface area contributed by atoms with Gasteiger partial charge in [0.2, 0.25) is 0 Å². The van der Waals surface area contributed by atoms with Crippen molar-refractivity contribution in [3.8, 4) is 0 Å². The van der Waals surface area contributed by atoms with Crippen LogP contribution in [0.1, 0.15) is 25.7 Å². The molecular formula is C8H12O4. The quantitative estimate of drug-likeness (QED) is 0.382. The smallest absolute Gasteiger partial charge is 0.317 e. The standard InChI is InChI=1S/C8H10O3.H2O/c9-7-5-3-1-2-4-6(5)8(10)11-7;/h5-6H,1-4H2;1H2/t5-,6+;. The molecule has 0 bridgehead atoms. The average Bonchev–Trinajstić information content (AvgIpc) is 2.30. The maximum absolute atomic E-state index is 11.0. The molecule has 2 aliphatic rings. The molecule has 2 rings (SSSR count). The van der Waals surface area contributed by atoms with Crippen LogP contribution in [-0.4, -0.2) is 17.4 Å². The van der Waals surface area contributed by atoms with Crippen molar-refractivity contribution in [3.05, 3.63) is 0 Å². The van der Waals surface area contributed by atoms with Crippen LogP contribution in [0, 0.1) is 11.8 Å². The highest BCUT2D eigenvalue weighted by atomic mass is 16.6. The molecule has 0 aromatic rings. The van der Waals surface area contributed by atoms with E-state index >= 15 is 0 Å². The molecule has 1 saturated heterocycles. The van der Waals surface area contributed by atoms with Gasteiger partial charge in [0.25, 0.3) is 0 Å². The number of ether oxygens (including phenoxy) is 1. The Labute approximate surface area is 70.2 Å². The Morgan fingerprint density at radius 3 is 1.83 bits per heavy atom. The summed E-state index contributed by atoms with van der Waals surface area (Å²) < 4.78 is 4.53. The highest BCUT2D eigenvalue weighted by Crippen LogP contribution is 2.36. The molecule has 1 aliphatic heterocycles. The van der Waals surface area contributed by atoms with Crippen LogP contribution in [0.3, 0.4) is 0 Å².